The number of nitrogens with zero attached hydrogens (tertiary/aromatic N) is 3. The first-order chi connectivity index (χ1) is 13.8. The van der Waals surface area contributed by atoms with Crippen LogP contribution in [-0.2, 0) is 9.53 Å². The van der Waals surface area contributed by atoms with Gasteiger partial charge in [-0.1, -0.05) is 17.7 Å². The molecule has 0 spiro atoms. The monoisotopic (exact) mass is 415 g/mol. The maximum Gasteiger partial charge on any atom is 0.339 e. The van der Waals surface area contributed by atoms with Gasteiger partial charge in [0.05, 0.1) is 23.0 Å². The van der Waals surface area contributed by atoms with Crippen molar-refractivity contribution in [2.75, 3.05) is 18.1 Å². The first-order valence-electron chi connectivity index (χ1n) is 8.60. The van der Waals surface area contributed by atoms with E-state index >= 15 is 0 Å². The number of nitro benzene ring substituents is 1. The molecule has 0 atom stereocenters. The molecule has 150 valence electrons. The predicted molar refractivity (Wildman–Crippen MR) is 107 cm³/mol. The Morgan fingerprint density at radius 1 is 1.28 bits per heavy atom. The van der Waals surface area contributed by atoms with Gasteiger partial charge in [0.15, 0.2) is 6.61 Å². The van der Waals surface area contributed by atoms with Gasteiger partial charge in [0.25, 0.3) is 11.6 Å². The van der Waals surface area contributed by atoms with Crippen LogP contribution in [0.2, 0.25) is 5.02 Å². The van der Waals surface area contributed by atoms with E-state index in [0.29, 0.717) is 10.7 Å². The van der Waals surface area contributed by atoms with Crippen LogP contribution in [0.4, 0.5) is 11.4 Å². The SMILES string of the molecule is Cc1cc(N(CCC#N)C(=O)COC(=O)c2cccc([N+](=O)[O-])c2C)ccc1Cl. The number of rotatable bonds is 7. The number of anilines is 1. The highest BCUT2D eigenvalue weighted by Crippen LogP contribution is 2.24. The molecule has 0 fully saturated rings. The zero-order chi connectivity index (χ0) is 21.6. The molecule has 0 heterocycles. The van der Waals surface area contributed by atoms with E-state index in [4.69, 9.17) is 21.6 Å². The van der Waals surface area contributed by atoms with Crippen molar-refractivity contribution in [2.24, 2.45) is 0 Å². The highest BCUT2D eigenvalue weighted by molar-refractivity contribution is 6.31. The molecular weight excluding hydrogens is 398 g/mol. The minimum Gasteiger partial charge on any atom is -0.452 e. The molecule has 0 aliphatic rings. The summed E-state index contributed by atoms with van der Waals surface area (Å²) in [6, 6.07) is 11.0. The Bertz CT molecular complexity index is 1000. The molecule has 0 aliphatic carbocycles. The van der Waals surface area contributed by atoms with Crippen LogP contribution in [0.3, 0.4) is 0 Å². The van der Waals surface area contributed by atoms with Crippen molar-refractivity contribution >= 4 is 34.9 Å². The lowest BCUT2D eigenvalue weighted by molar-refractivity contribution is -0.385. The molecule has 0 radical (unpaired) electrons. The number of esters is 1. The largest absolute Gasteiger partial charge is 0.452 e. The molecule has 0 saturated carbocycles. The number of nitriles is 1. The standard InChI is InChI=1S/C20H18ClN3O5/c1-13-11-15(7-8-17(13)21)23(10-4-9-22)19(25)12-29-20(26)16-5-3-6-18(14(16)2)24(27)28/h3,5-8,11H,4,10,12H2,1-2H3. The van der Waals surface area contributed by atoms with Gasteiger partial charge in [-0.2, -0.15) is 5.26 Å². The number of halogens is 1. The van der Waals surface area contributed by atoms with Crippen LogP contribution >= 0.6 is 11.6 Å². The van der Waals surface area contributed by atoms with E-state index < -0.39 is 23.4 Å². The lowest BCUT2D eigenvalue weighted by Gasteiger charge is -2.22. The number of hydrogen-bond donors (Lipinski definition) is 0. The molecular formula is C20H18ClN3O5. The molecule has 8 nitrogen and oxygen atoms in total. The van der Waals surface area contributed by atoms with Gasteiger partial charge in [0.2, 0.25) is 0 Å². The van der Waals surface area contributed by atoms with Crippen molar-refractivity contribution in [3.8, 4) is 6.07 Å². The number of aryl methyl sites for hydroxylation is 1. The third-order valence-corrected chi connectivity index (χ3v) is 4.67. The third kappa shape index (κ3) is 5.30. The van der Waals surface area contributed by atoms with Gasteiger partial charge in [-0.3, -0.25) is 14.9 Å². The van der Waals surface area contributed by atoms with E-state index in [2.05, 4.69) is 0 Å². The fourth-order valence-corrected chi connectivity index (χ4v) is 2.80. The topological polar surface area (TPSA) is 114 Å². The third-order valence-electron chi connectivity index (χ3n) is 4.25. The maximum atomic E-state index is 12.6. The molecule has 0 saturated heterocycles. The van der Waals surface area contributed by atoms with E-state index in [0.717, 1.165) is 5.56 Å². The van der Waals surface area contributed by atoms with Crippen molar-refractivity contribution in [3.05, 3.63) is 68.2 Å². The van der Waals surface area contributed by atoms with Crippen LogP contribution in [-0.4, -0.2) is 30.0 Å². The van der Waals surface area contributed by atoms with Crippen LogP contribution in [0.5, 0.6) is 0 Å². The first kappa shape index (κ1) is 21.9. The van der Waals surface area contributed by atoms with Gasteiger partial charge >= 0.3 is 5.97 Å². The number of carbonyl (C=O) groups is 2. The van der Waals surface area contributed by atoms with Crippen molar-refractivity contribution in [1.29, 1.82) is 5.26 Å². The number of nitro groups is 1. The molecule has 9 heteroatoms. The van der Waals surface area contributed by atoms with E-state index in [1.165, 1.54) is 30.0 Å². The highest BCUT2D eigenvalue weighted by atomic mass is 35.5. The average Bonchev–Trinajstić information content (AvgIpc) is 2.68. The number of amides is 1. The van der Waals surface area contributed by atoms with Gasteiger partial charge in [0, 0.05) is 28.9 Å². The van der Waals surface area contributed by atoms with Gasteiger partial charge in [-0.15, -0.1) is 0 Å². The minimum atomic E-state index is -0.841. The number of carbonyl (C=O) groups excluding carboxylic acids is 2. The van der Waals surface area contributed by atoms with E-state index in [-0.39, 0.29) is 29.8 Å². The van der Waals surface area contributed by atoms with Crippen molar-refractivity contribution in [3.63, 3.8) is 0 Å². The van der Waals surface area contributed by atoms with Gasteiger partial charge < -0.3 is 9.64 Å². The van der Waals surface area contributed by atoms with Crippen molar-refractivity contribution < 1.29 is 19.2 Å². The lowest BCUT2D eigenvalue weighted by atomic mass is 10.1. The van der Waals surface area contributed by atoms with Crippen LogP contribution in [0.1, 0.15) is 27.9 Å². The predicted octanol–water partition coefficient (Wildman–Crippen LogP) is 3.97. The van der Waals surface area contributed by atoms with Crippen LogP contribution in [0.15, 0.2) is 36.4 Å². The summed E-state index contributed by atoms with van der Waals surface area (Å²) in [5, 5.41) is 20.4. The second-order valence-electron chi connectivity index (χ2n) is 6.17. The Hall–Kier alpha value is -3.44. The normalized spacial score (nSPS) is 10.1. The summed E-state index contributed by atoms with van der Waals surface area (Å²) in [6.45, 7) is 2.76. The number of ether oxygens (including phenoxy) is 1. The first-order valence-corrected chi connectivity index (χ1v) is 8.98. The molecule has 0 aliphatic heterocycles. The summed E-state index contributed by atoms with van der Waals surface area (Å²) in [6.07, 6.45) is 0.0886. The van der Waals surface area contributed by atoms with E-state index in [9.17, 15) is 19.7 Å². The van der Waals surface area contributed by atoms with Crippen LogP contribution in [0, 0.1) is 35.3 Å². The molecule has 0 N–H and O–H groups in total. The molecule has 0 aromatic heterocycles. The van der Waals surface area contributed by atoms with Crippen LogP contribution < -0.4 is 4.90 Å². The Morgan fingerprint density at radius 2 is 2.00 bits per heavy atom. The Labute approximate surface area is 172 Å². The smallest absolute Gasteiger partial charge is 0.339 e. The Morgan fingerprint density at radius 3 is 2.62 bits per heavy atom. The summed E-state index contributed by atoms with van der Waals surface area (Å²) >= 11 is 6.02. The lowest BCUT2D eigenvalue weighted by Crippen LogP contribution is -2.35. The summed E-state index contributed by atoms with van der Waals surface area (Å²) in [7, 11) is 0. The highest BCUT2D eigenvalue weighted by Gasteiger charge is 2.22. The minimum absolute atomic E-state index is 0.0120. The summed E-state index contributed by atoms with van der Waals surface area (Å²) < 4.78 is 5.08. The average molecular weight is 416 g/mol. The summed E-state index contributed by atoms with van der Waals surface area (Å²) in [5.41, 5.74) is 1.23. The van der Waals surface area contributed by atoms with Gasteiger partial charge in [0.1, 0.15) is 0 Å². The Kier molecular flexibility index (Phi) is 7.28. The molecule has 2 aromatic rings. The summed E-state index contributed by atoms with van der Waals surface area (Å²) in [5.74, 6) is -1.37. The van der Waals surface area contributed by atoms with Crippen molar-refractivity contribution in [1.82, 2.24) is 0 Å². The molecule has 2 rings (SSSR count). The van der Waals surface area contributed by atoms with Gasteiger partial charge in [-0.05, 0) is 43.7 Å². The van der Waals surface area contributed by atoms with Gasteiger partial charge in [-0.25, -0.2) is 4.79 Å². The molecule has 29 heavy (non-hydrogen) atoms. The Balaban J connectivity index is 2.16. The van der Waals surface area contributed by atoms with Crippen LogP contribution in [0.25, 0.3) is 0 Å². The molecule has 1 amide bonds. The fraction of sp³-hybridized carbons (Fsp3) is 0.250. The van der Waals surface area contributed by atoms with E-state index in [1.807, 2.05) is 6.07 Å². The quantitative estimate of drug-likeness (QED) is 0.384. The molecule has 2 aromatic carbocycles. The van der Waals surface area contributed by atoms with Crippen molar-refractivity contribution in [2.45, 2.75) is 20.3 Å². The zero-order valence-electron chi connectivity index (χ0n) is 15.8. The second kappa shape index (κ2) is 9.66. The molecule has 0 unspecified atom stereocenters. The second-order valence-corrected chi connectivity index (χ2v) is 6.58. The maximum absolute atomic E-state index is 12.6. The molecule has 0 bridgehead atoms. The van der Waals surface area contributed by atoms with E-state index in [1.54, 1.807) is 25.1 Å². The zero-order valence-corrected chi connectivity index (χ0v) is 16.6. The summed E-state index contributed by atoms with van der Waals surface area (Å²) in [4.78, 5) is 36.7. The number of benzene rings is 2. The fourth-order valence-electron chi connectivity index (χ4n) is 2.68. The number of hydrogen-bond acceptors (Lipinski definition) is 6.